The van der Waals surface area contributed by atoms with Crippen LogP contribution in [0.1, 0.15) is 159 Å². The first kappa shape index (κ1) is 71.9. The molecule has 462 valence electrons. The summed E-state index contributed by atoms with van der Waals surface area (Å²) >= 11 is 1.42. The number of carbonyl (C=O) groups excluding carboxylic acids is 6. The molecule has 7 atom stereocenters. The molecule has 1 heterocycles. The number of benzene rings is 1. The second-order valence-corrected chi connectivity index (χ2v) is 28.5. The minimum Gasteiger partial charge on any atom is -0.487 e. The number of rotatable bonds is 28. The lowest BCUT2D eigenvalue weighted by Gasteiger charge is -2.37. The van der Waals surface area contributed by atoms with E-state index in [9.17, 15) is 47.1 Å². The Morgan fingerprint density at radius 1 is 0.790 bits per heavy atom. The molecule has 0 saturated carbocycles. The van der Waals surface area contributed by atoms with E-state index in [1.807, 2.05) is 34.0 Å². The minimum atomic E-state index is -4.28. The Bertz CT molecular complexity index is 2550. The maximum absolute atomic E-state index is 14.8. The topological polar surface area (TPSA) is 322 Å². The van der Waals surface area contributed by atoms with Crippen molar-refractivity contribution in [2.45, 2.75) is 238 Å². The predicted molar refractivity (Wildman–Crippen MR) is 313 cm³/mol. The second kappa shape index (κ2) is 28.8. The fourth-order valence-corrected chi connectivity index (χ4v) is 11.1. The van der Waals surface area contributed by atoms with Crippen molar-refractivity contribution >= 4 is 69.2 Å². The van der Waals surface area contributed by atoms with Crippen LogP contribution in [0.3, 0.4) is 0 Å². The number of carbonyl (C=O) groups is 7. The highest BCUT2D eigenvalue weighted by Gasteiger charge is 2.42. The molecular formula is C56H97N9O14S2. The largest absolute Gasteiger partial charge is 0.487 e. The quantitative estimate of drug-likeness (QED) is 0.0245. The Morgan fingerprint density at radius 2 is 1.35 bits per heavy atom. The average Bonchev–Trinajstić information content (AvgIpc) is 3.64. The van der Waals surface area contributed by atoms with E-state index in [-0.39, 0.29) is 36.6 Å². The fraction of sp³-hybridized carbons (Fsp3) is 0.750. The standard InChI is InChI=1S/C56H97N9O14S2/c1-30(2)26-37(50(72)73)61-48(70)41(34(6)77-53(10,11)12)63-45(67)36(27-40(66)78-54(13,14)15)60-46(68)38(29-76-52(7,8)9)62-47(69)39(65(21)49(71)44(58-20)56(18,19)80-22)24-23-25-59-51(57)64-81(74,75)43-32(4)31(3)42-35(33(43)5)28-55(16,17)79-42/h30,34,36-39,41,44,58H,23-29H2,1-22H3,(H,60,68)(H,61,70)(H,62,69)(H,63,67)(H,72,73)(H3,57,59,64)/t34?,36-,37-,38-,39-,41-,44?/m0/s1. The van der Waals surface area contributed by atoms with Gasteiger partial charge in [0.2, 0.25) is 35.5 Å². The summed E-state index contributed by atoms with van der Waals surface area (Å²) < 4.78 is 53.4. The molecule has 0 aromatic heterocycles. The molecule has 0 aliphatic carbocycles. The molecule has 5 amide bonds. The summed E-state index contributed by atoms with van der Waals surface area (Å²) in [4.78, 5) is 99.5. The van der Waals surface area contributed by atoms with E-state index in [0.29, 0.717) is 28.9 Å². The maximum atomic E-state index is 14.8. The minimum absolute atomic E-state index is 0.0432. The van der Waals surface area contributed by atoms with Crippen LogP contribution < -0.4 is 41.4 Å². The van der Waals surface area contributed by atoms with E-state index in [0.717, 1.165) is 5.56 Å². The molecule has 1 aliphatic heterocycles. The van der Waals surface area contributed by atoms with Gasteiger partial charge >= 0.3 is 11.9 Å². The summed E-state index contributed by atoms with van der Waals surface area (Å²) in [5.41, 5.74) is -0.856. The molecular weight excluding hydrogens is 1090 g/mol. The number of carboxylic acids is 1. The lowest BCUT2D eigenvalue weighted by molar-refractivity contribution is -0.157. The summed E-state index contributed by atoms with van der Waals surface area (Å²) in [7, 11) is -1.23. The van der Waals surface area contributed by atoms with Crippen molar-refractivity contribution in [3.8, 4) is 5.75 Å². The van der Waals surface area contributed by atoms with Gasteiger partial charge in [-0.1, -0.05) is 13.8 Å². The molecule has 1 aromatic carbocycles. The first-order valence-electron chi connectivity index (χ1n) is 27.4. The summed E-state index contributed by atoms with van der Waals surface area (Å²) in [6.45, 7) is 32.4. The Kier molecular flexibility index (Phi) is 25.6. The van der Waals surface area contributed by atoms with Gasteiger partial charge in [-0.05, 0) is 173 Å². The number of thioether (sulfide) groups is 1. The molecule has 0 radical (unpaired) electrons. The van der Waals surface area contributed by atoms with Gasteiger partial charge in [-0.25, -0.2) is 17.9 Å². The molecule has 1 aliphatic rings. The van der Waals surface area contributed by atoms with Crippen molar-refractivity contribution < 1.29 is 66.0 Å². The molecule has 81 heavy (non-hydrogen) atoms. The number of likely N-dealkylation sites (N-methyl/N-ethyl adjacent to an activating group) is 2. The van der Waals surface area contributed by atoms with Gasteiger partial charge in [-0.3, -0.25) is 34.2 Å². The molecule has 0 bridgehead atoms. The number of aliphatic carboxylic acids is 1. The smallest absolute Gasteiger partial charge is 0.326 e. The molecule has 23 nitrogen and oxygen atoms in total. The van der Waals surface area contributed by atoms with Crippen molar-refractivity contribution in [2.24, 2.45) is 5.92 Å². The van der Waals surface area contributed by atoms with Gasteiger partial charge in [0, 0.05) is 30.3 Å². The van der Waals surface area contributed by atoms with Crippen molar-refractivity contribution in [1.29, 1.82) is 5.41 Å². The van der Waals surface area contributed by atoms with E-state index < -0.39 is 140 Å². The van der Waals surface area contributed by atoms with Crippen molar-refractivity contribution in [2.75, 3.05) is 33.5 Å². The van der Waals surface area contributed by atoms with Crippen LogP contribution in [0.2, 0.25) is 0 Å². The highest BCUT2D eigenvalue weighted by Crippen LogP contribution is 2.43. The number of ether oxygens (including phenoxy) is 4. The Hall–Kier alpha value is -5.24. The van der Waals surface area contributed by atoms with E-state index >= 15 is 0 Å². The van der Waals surface area contributed by atoms with Gasteiger partial charge in [-0.2, -0.15) is 11.8 Å². The lowest BCUT2D eigenvalue weighted by atomic mass is 9.94. The monoisotopic (exact) mass is 1180 g/mol. The van der Waals surface area contributed by atoms with Gasteiger partial charge in [0.05, 0.1) is 35.2 Å². The Balaban J connectivity index is 2.62. The highest BCUT2D eigenvalue weighted by molar-refractivity contribution is 8.00. The Morgan fingerprint density at radius 3 is 1.85 bits per heavy atom. The molecule has 0 fully saturated rings. The number of esters is 1. The van der Waals surface area contributed by atoms with Gasteiger partial charge in [0.25, 0.3) is 10.0 Å². The van der Waals surface area contributed by atoms with Crippen LogP contribution in [0.25, 0.3) is 0 Å². The molecule has 0 saturated heterocycles. The zero-order chi connectivity index (χ0) is 62.7. The van der Waals surface area contributed by atoms with Crippen LogP contribution in [-0.4, -0.2) is 169 Å². The second-order valence-electron chi connectivity index (χ2n) is 25.4. The number of amides is 5. The number of carboxylic acid groups (broad SMARTS) is 1. The van der Waals surface area contributed by atoms with Crippen molar-refractivity contribution in [3.05, 3.63) is 22.3 Å². The van der Waals surface area contributed by atoms with Crippen LogP contribution in [0.4, 0.5) is 0 Å². The number of hydrogen-bond acceptors (Lipinski definition) is 16. The maximum Gasteiger partial charge on any atom is 0.326 e. The summed E-state index contributed by atoms with van der Waals surface area (Å²) in [6, 6.07) is -8.37. The zero-order valence-corrected chi connectivity index (χ0v) is 53.7. The van der Waals surface area contributed by atoms with Crippen LogP contribution >= 0.6 is 11.8 Å². The third-order valence-electron chi connectivity index (χ3n) is 13.3. The summed E-state index contributed by atoms with van der Waals surface area (Å²) in [5, 5.41) is 34.8. The van der Waals surface area contributed by atoms with Crippen molar-refractivity contribution in [3.63, 3.8) is 0 Å². The lowest BCUT2D eigenvalue weighted by Crippen LogP contribution is -2.63. The zero-order valence-electron chi connectivity index (χ0n) is 52.1. The van der Waals surface area contributed by atoms with Crippen molar-refractivity contribution in [1.82, 2.24) is 41.5 Å². The summed E-state index contributed by atoms with van der Waals surface area (Å²) in [5.74, 6) is -6.51. The first-order valence-corrected chi connectivity index (χ1v) is 30.1. The van der Waals surface area contributed by atoms with Crippen LogP contribution in [0.5, 0.6) is 5.75 Å². The SMILES string of the molecule is CNC(C(=O)N(C)[C@@H](CCCNC(=N)NS(=O)(=O)c1c(C)c(C)c2c(c1C)CC(C)(C)O2)C(=O)N[C@@H](COC(C)(C)C)C(=O)N[C@@H](CC(=O)OC(C)(C)C)C(=O)N[C@H](C(=O)N[C@@H](CC(C)C)C(=O)O)C(C)OC(C)(C)C)C(C)(C)SC. The van der Waals surface area contributed by atoms with E-state index in [4.69, 9.17) is 24.4 Å². The van der Waals surface area contributed by atoms with Gasteiger partial charge < -0.3 is 60.9 Å². The average molecular weight is 1180 g/mol. The molecule has 25 heteroatoms. The number of fused-ring (bicyclic) bond motifs is 1. The molecule has 0 spiro atoms. The highest BCUT2D eigenvalue weighted by atomic mass is 32.2. The van der Waals surface area contributed by atoms with E-state index in [2.05, 4.69) is 36.6 Å². The van der Waals surface area contributed by atoms with Crippen LogP contribution in [0, 0.1) is 32.1 Å². The predicted octanol–water partition coefficient (Wildman–Crippen LogP) is 4.29. The number of guanidine groups is 1. The number of hydrogen-bond donors (Lipinski definition) is 9. The van der Waals surface area contributed by atoms with Gasteiger partial charge in [0.15, 0.2) is 0 Å². The van der Waals surface area contributed by atoms with Crippen LogP contribution in [-0.2, 0) is 64.2 Å². The number of nitrogens with zero attached hydrogens (tertiary/aromatic N) is 1. The van der Waals surface area contributed by atoms with Gasteiger partial charge in [0.1, 0.15) is 53.2 Å². The summed E-state index contributed by atoms with van der Waals surface area (Å²) in [6.07, 6.45) is 0.551. The number of sulfonamides is 1. The third kappa shape index (κ3) is 22.1. The fourth-order valence-electron chi connectivity index (χ4n) is 9.17. The Labute approximate surface area is 485 Å². The molecule has 2 unspecified atom stereocenters. The van der Waals surface area contributed by atoms with E-state index in [1.54, 1.807) is 104 Å². The van der Waals surface area contributed by atoms with Gasteiger partial charge in [-0.15, -0.1) is 0 Å². The van der Waals surface area contributed by atoms with E-state index in [1.165, 1.54) is 30.6 Å². The number of nitrogens with one attached hydrogen (secondary N) is 8. The normalized spacial score (nSPS) is 16.2. The first-order chi connectivity index (χ1) is 36.8. The molecule has 2 rings (SSSR count). The third-order valence-corrected chi connectivity index (χ3v) is 16.2. The van der Waals surface area contributed by atoms with Crippen LogP contribution in [0.15, 0.2) is 4.90 Å². The molecule has 1 aromatic rings. The molecule has 9 N–H and O–H groups in total.